The average Bonchev–Trinajstić information content (AvgIpc) is 3.86. The van der Waals surface area contributed by atoms with Gasteiger partial charge in [0.05, 0.1) is 23.9 Å². The second-order valence-electron chi connectivity index (χ2n) is 11.9. The quantitative estimate of drug-likeness (QED) is 0.490. The van der Waals surface area contributed by atoms with E-state index >= 15 is 0 Å². The third kappa shape index (κ3) is 3.65. The molecule has 2 atom stereocenters. The molecule has 1 aromatic carbocycles. The van der Waals surface area contributed by atoms with Crippen LogP contribution in [0.4, 0.5) is 10.1 Å². The predicted octanol–water partition coefficient (Wildman–Crippen LogP) is 3.68. The van der Waals surface area contributed by atoms with Crippen molar-refractivity contribution in [2.75, 3.05) is 31.6 Å². The van der Waals surface area contributed by atoms with Gasteiger partial charge in [-0.25, -0.2) is 4.39 Å². The number of rotatable bonds is 5. The van der Waals surface area contributed by atoms with E-state index in [-0.39, 0.29) is 29.3 Å². The number of benzene rings is 1. The van der Waals surface area contributed by atoms with Crippen LogP contribution in [-0.4, -0.2) is 51.4 Å². The summed E-state index contributed by atoms with van der Waals surface area (Å²) in [7, 11) is 0. The molecular formula is C29H30ClFN6O3. The highest BCUT2D eigenvalue weighted by Gasteiger charge is 2.63. The number of anilines is 1. The summed E-state index contributed by atoms with van der Waals surface area (Å²) in [5.41, 5.74) is 2.07. The van der Waals surface area contributed by atoms with Gasteiger partial charge in [0.25, 0.3) is 5.56 Å². The zero-order chi connectivity index (χ0) is 27.2. The van der Waals surface area contributed by atoms with Crippen molar-refractivity contribution in [3.05, 3.63) is 62.3 Å². The van der Waals surface area contributed by atoms with Crippen molar-refractivity contribution in [3.63, 3.8) is 0 Å². The van der Waals surface area contributed by atoms with Crippen molar-refractivity contribution in [2.24, 2.45) is 5.92 Å². The molecule has 2 aliphatic heterocycles. The fourth-order valence-electron chi connectivity index (χ4n) is 7.36. The number of aromatic nitrogens is 4. The van der Waals surface area contributed by atoms with E-state index in [1.54, 1.807) is 18.2 Å². The summed E-state index contributed by atoms with van der Waals surface area (Å²) < 4.78 is 23.3. The summed E-state index contributed by atoms with van der Waals surface area (Å²) in [4.78, 5) is 32.4. The Balaban J connectivity index is 1.21. The molecule has 40 heavy (non-hydrogen) atoms. The van der Waals surface area contributed by atoms with E-state index in [2.05, 4.69) is 15.7 Å². The van der Waals surface area contributed by atoms with Crippen LogP contribution in [0.25, 0.3) is 11.4 Å². The summed E-state index contributed by atoms with van der Waals surface area (Å²) in [5.74, 6) is 1.25. The molecule has 1 saturated heterocycles. The SMILES string of the molecule is O=C(Cn1c2c(c(=O)n3nc(C4=CCOCC4)nc13)C1(CCNCC1)[C@@H]1C[C@H]21)Nc1ccc(C2(F)CC2)cc1Cl. The number of alkyl halides is 1. The lowest BCUT2D eigenvalue weighted by molar-refractivity contribution is -0.116. The van der Waals surface area contributed by atoms with Gasteiger partial charge >= 0.3 is 0 Å². The summed E-state index contributed by atoms with van der Waals surface area (Å²) in [5, 5.41) is 11.3. The molecule has 2 N–H and O–H groups in total. The minimum Gasteiger partial charge on any atom is -0.377 e. The monoisotopic (exact) mass is 564 g/mol. The second-order valence-corrected chi connectivity index (χ2v) is 12.3. The lowest BCUT2D eigenvalue weighted by Gasteiger charge is -2.36. The molecule has 4 heterocycles. The first-order valence-corrected chi connectivity index (χ1v) is 14.6. The second kappa shape index (κ2) is 8.71. The molecule has 0 unspecified atom stereocenters. The smallest absolute Gasteiger partial charge is 0.279 e. The molecule has 3 fully saturated rings. The Bertz CT molecular complexity index is 1670. The molecule has 1 amide bonds. The van der Waals surface area contributed by atoms with Gasteiger partial charge < -0.3 is 19.9 Å². The number of nitrogens with zero attached hydrogens (tertiary/aromatic N) is 4. The molecule has 2 saturated carbocycles. The number of amides is 1. The molecule has 5 aliphatic rings. The Hall–Kier alpha value is -3.08. The number of piperidine rings is 1. The van der Waals surface area contributed by atoms with E-state index in [1.165, 1.54) is 4.52 Å². The van der Waals surface area contributed by atoms with E-state index in [4.69, 9.17) is 21.3 Å². The number of carbonyl (C=O) groups excluding carboxylic acids is 1. The zero-order valence-corrected chi connectivity index (χ0v) is 22.8. The number of ether oxygens (including phenoxy) is 1. The van der Waals surface area contributed by atoms with Gasteiger partial charge in [0.1, 0.15) is 12.2 Å². The largest absolute Gasteiger partial charge is 0.377 e. The van der Waals surface area contributed by atoms with Crippen molar-refractivity contribution in [1.82, 2.24) is 24.5 Å². The van der Waals surface area contributed by atoms with E-state index in [1.807, 2.05) is 10.6 Å². The first kappa shape index (κ1) is 24.7. The number of fused-ring (bicyclic) bond motifs is 6. The molecule has 208 valence electrons. The molecule has 3 aliphatic carbocycles. The molecule has 11 heteroatoms. The van der Waals surface area contributed by atoms with Gasteiger partial charge in [0, 0.05) is 22.6 Å². The van der Waals surface area contributed by atoms with Crippen molar-refractivity contribution in [2.45, 2.75) is 62.1 Å². The maximum atomic E-state index is 14.5. The summed E-state index contributed by atoms with van der Waals surface area (Å²) in [6.07, 6.45) is 6.42. The first-order valence-electron chi connectivity index (χ1n) is 14.2. The fraction of sp³-hybridized carbons (Fsp3) is 0.517. The van der Waals surface area contributed by atoms with Crippen LogP contribution in [0, 0.1) is 5.92 Å². The molecule has 8 rings (SSSR count). The summed E-state index contributed by atoms with van der Waals surface area (Å²) in [6.45, 7) is 2.76. The van der Waals surface area contributed by atoms with Crippen LogP contribution in [0.15, 0.2) is 29.1 Å². The Labute approximate surface area is 234 Å². The highest BCUT2D eigenvalue weighted by molar-refractivity contribution is 6.33. The highest BCUT2D eigenvalue weighted by Crippen LogP contribution is 2.67. The minimum atomic E-state index is -1.30. The van der Waals surface area contributed by atoms with Gasteiger partial charge in [-0.1, -0.05) is 23.7 Å². The van der Waals surface area contributed by atoms with E-state index in [0.29, 0.717) is 66.3 Å². The number of carbonyl (C=O) groups is 1. The van der Waals surface area contributed by atoms with Crippen LogP contribution in [0.1, 0.15) is 67.1 Å². The number of halogens is 2. The Kier molecular flexibility index (Phi) is 5.38. The summed E-state index contributed by atoms with van der Waals surface area (Å²) >= 11 is 6.46. The lowest BCUT2D eigenvalue weighted by atomic mass is 9.72. The van der Waals surface area contributed by atoms with Crippen molar-refractivity contribution in [3.8, 4) is 0 Å². The van der Waals surface area contributed by atoms with Gasteiger partial charge in [-0.3, -0.25) is 9.59 Å². The van der Waals surface area contributed by atoms with Gasteiger partial charge in [0.15, 0.2) is 5.82 Å². The molecule has 0 radical (unpaired) electrons. The standard InChI is InChI=1S/C29H30ClFN6O3/c30-20-13-17(29(31)5-6-29)1-2-21(20)33-22(38)15-36-24-18-14-19(18)28(7-9-32-10-8-28)23(24)26(39)37-27(36)34-25(35-37)16-3-11-40-12-4-16/h1-3,13,18-19,32H,4-12,14-15H2,(H,33,38)/t18-,19+/m0/s1. The van der Waals surface area contributed by atoms with Crippen LogP contribution in [0.3, 0.4) is 0 Å². The normalized spacial score (nSPS) is 25.4. The molecule has 0 bridgehead atoms. The van der Waals surface area contributed by atoms with Crippen LogP contribution in [0.5, 0.6) is 0 Å². The van der Waals surface area contributed by atoms with E-state index in [0.717, 1.165) is 49.2 Å². The summed E-state index contributed by atoms with van der Waals surface area (Å²) in [6, 6.07) is 4.95. The van der Waals surface area contributed by atoms with Gasteiger partial charge in [-0.2, -0.15) is 9.50 Å². The molecule has 1 spiro atoms. The highest BCUT2D eigenvalue weighted by atomic mass is 35.5. The predicted molar refractivity (Wildman–Crippen MR) is 147 cm³/mol. The number of hydrogen-bond donors (Lipinski definition) is 2. The maximum Gasteiger partial charge on any atom is 0.279 e. The molecular weight excluding hydrogens is 535 g/mol. The van der Waals surface area contributed by atoms with Gasteiger partial charge in [-0.15, -0.1) is 5.10 Å². The van der Waals surface area contributed by atoms with Crippen LogP contribution < -0.4 is 16.2 Å². The van der Waals surface area contributed by atoms with Crippen LogP contribution in [-0.2, 0) is 27.2 Å². The lowest BCUT2D eigenvalue weighted by Crippen LogP contribution is -2.44. The molecule has 9 nitrogen and oxygen atoms in total. The number of nitrogens with one attached hydrogen (secondary N) is 2. The van der Waals surface area contributed by atoms with Crippen molar-refractivity contribution >= 4 is 34.5 Å². The van der Waals surface area contributed by atoms with Gasteiger partial charge in [0.2, 0.25) is 11.7 Å². The zero-order valence-electron chi connectivity index (χ0n) is 22.0. The Morgan fingerprint density at radius 1 is 1.25 bits per heavy atom. The van der Waals surface area contributed by atoms with Gasteiger partial charge in [-0.05, 0) is 80.8 Å². The average molecular weight is 565 g/mol. The number of hydrogen-bond acceptors (Lipinski definition) is 6. The maximum absolute atomic E-state index is 14.5. The Morgan fingerprint density at radius 2 is 2.08 bits per heavy atom. The topological polar surface area (TPSA) is 103 Å². The third-order valence-electron chi connectivity index (χ3n) is 9.63. The molecule has 2 aromatic heterocycles. The van der Waals surface area contributed by atoms with Crippen molar-refractivity contribution < 1.29 is 13.9 Å². The first-order chi connectivity index (χ1) is 19.4. The Morgan fingerprint density at radius 3 is 2.80 bits per heavy atom. The fourth-order valence-corrected chi connectivity index (χ4v) is 7.59. The minimum absolute atomic E-state index is 0.0327. The third-order valence-corrected chi connectivity index (χ3v) is 9.94. The van der Waals surface area contributed by atoms with E-state index < -0.39 is 5.67 Å². The van der Waals surface area contributed by atoms with Crippen LogP contribution in [0.2, 0.25) is 5.02 Å². The van der Waals surface area contributed by atoms with Crippen molar-refractivity contribution in [1.29, 1.82) is 0 Å². The molecule has 3 aromatic rings. The van der Waals surface area contributed by atoms with Crippen LogP contribution >= 0.6 is 11.6 Å². The van der Waals surface area contributed by atoms with E-state index in [9.17, 15) is 14.0 Å².